The van der Waals surface area contributed by atoms with Gasteiger partial charge < -0.3 is 10.6 Å². The average molecular weight is 267 g/mol. The van der Waals surface area contributed by atoms with Crippen molar-refractivity contribution in [3.8, 4) is 0 Å². The van der Waals surface area contributed by atoms with Gasteiger partial charge in [-0.15, -0.1) is 0 Å². The molecule has 0 aliphatic carbocycles. The highest BCUT2D eigenvalue weighted by atomic mass is 32.2. The van der Waals surface area contributed by atoms with E-state index in [1.54, 1.807) is 12.3 Å². The smallest absolute Gasteiger partial charge is 0.269 e. The Balaban J connectivity index is 2.38. The summed E-state index contributed by atoms with van der Waals surface area (Å²) in [4.78, 5) is 15.9. The highest BCUT2D eigenvalue weighted by Gasteiger charge is 2.06. The van der Waals surface area contributed by atoms with Crippen LogP contribution in [0.3, 0.4) is 0 Å². The lowest BCUT2D eigenvalue weighted by Crippen LogP contribution is -2.25. The van der Waals surface area contributed by atoms with Crippen LogP contribution in [0.4, 0.5) is 5.69 Å². The molecule has 5 heteroatoms. The normalized spacial score (nSPS) is 10.1. The van der Waals surface area contributed by atoms with Gasteiger partial charge in [-0.3, -0.25) is 9.78 Å². The van der Waals surface area contributed by atoms with E-state index >= 15 is 0 Å². The van der Waals surface area contributed by atoms with Crippen LogP contribution >= 0.6 is 11.8 Å². The molecule has 0 fully saturated rings. The Morgan fingerprint density at radius 2 is 2.28 bits per heavy atom. The molecule has 0 spiro atoms. The van der Waals surface area contributed by atoms with Gasteiger partial charge in [-0.2, -0.15) is 11.8 Å². The van der Waals surface area contributed by atoms with Crippen LogP contribution in [0.25, 0.3) is 0 Å². The van der Waals surface area contributed by atoms with Crippen LogP contribution in [-0.4, -0.2) is 36.0 Å². The van der Waals surface area contributed by atoms with Crippen molar-refractivity contribution in [2.24, 2.45) is 0 Å². The fourth-order valence-electron chi connectivity index (χ4n) is 1.53. The zero-order valence-electron chi connectivity index (χ0n) is 11.0. The Kier molecular flexibility index (Phi) is 7.25. The fraction of sp³-hybridized carbons (Fsp3) is 0.538. The zero-order valence-corrected chi connectivity index (χ0v) is 11.8. The van der Waals surface area contributed by atoms with Crippen molar-refractivity contribution in [1.29, 1.82) is 0 Å². The maximum absolute atomic E-state index is 11.8. The summed E-state index contributed by atoms with van der Waals surface area (Å²) in [5.41, 5.74) is 1.40. The van der Waals surface area contributed by atoms with Gasteiger partial charge in [-0.25, -0.2) is 0 Å². The number of hydrogen-bond acceptors (Lipinski definition) is 4. The SMILES string of the molecule is CCNc1ccnc(C(=O)NCCCCSC)c1. The van der Waals surface area contributed by atoms with Gasteiger partial charge >= 0.3 is 0 Å². The maximum atomic E-state index is 11.8. The molecule has 100 valence electrons. The topological polar surface area (TPSA) is 54.0 Å². The summed E-state index contributed by atoms with van der Waals surface area (Å²) in [6, 6.07) is 3.64. The number of nitrogens with one attached hydrogen (secondary N) is 2. The number of amides is 1. The molecule has 0 aliphatic rings. The number of carbonyl (C=O) groups is 1. The number of nitrogens with zero attached hydrogens (tertiary/aromatic N) is 1. The van der Waals surface area contributed by atoms with Crippen LogP contribution in [0, 0.1) is 0 Å². The molecule has 1 heterocycles. The second-order valence-electron chi connectivity index (χ2n) is 3.92. The Morgan fingerprint density at radius 3 is 3.00 bits per heavy atom. The first-order valence-electron chi connectivity index (χ1n) is 6.25. The minimum absolute atomic E-state index is 0.0982. The number of thioether (sulfide) groups is 1. The number of anilines is 1. The third kappa shape index (κ3) is 5.40. The van der Waals surface area contributed by atoms with Crippen molar-refractivity contribution < 1.29 is 4.79 Å². The molecule has 1 rings (SSSR count). The van der Waals surface area contributed by atoms with E-state index in [0.29, 0.717) is 12.2 Å². The number of pyridine rings is 1. The van der Waals surface area contributed by atoms with E-state index in [4.69, 9.17) is 0 Å². The van der Waals surface area contributed by atoms with E-state index in [1.165, 1.54) is 0 Å². The minimum atomic E-state index is -0.0982. The number of hydrogen-bond donors (Lipinski definition) is 2. The Bertz CT molecular complexity index is 371. The van der Waals surface area contributed by atoms with Gasteiger partial charge in [0, 0.05) is 25.0 Å². The predicted molar refractivity (Wildman–Crippen MR) is 78.3 cm³/mol. The van der Waals surface area contributed by atoms with Crippen molar-refractivity contribution in [3.05, 3.63) is 24.0 Å². The minimum Gasteiger partial charge on any atom is -0.385 e. The third-order valence-corrected chi connectivity index (χ3v) is 3.13. The highest BCUT2D eigenvalue weighted by molar-refractivity contribution is 7.98. The molecular weight excluding hydrogens is 246 g/mol. The second-order valence-corrected chi connectivity index (χ2v) is 4.90. The van der Waals surface area contributed by atoms with Crippen molar-refractivity contribution in [1.82, 2.24) is 10.3 Å². The second kappa shape index (κ2) is 8.80. The molecule has 2 N–H and O–H groups in total. The van der Waals surface area contributed by atoms with Gasteiger partial charge in [0.1, 0.15) is 5.69 Å². The molecule has 4 nitrogen and oxygen atoms in total. The first-order chi connectivity index (χ1) is 8.77. The summed E-state index contributed by atoms with van der Waals surface area (Å²) in [7, 11) is 0. The summed E-state index contributed by atoms with van der Waals surface area (Å²) in [6.07, 6.45) is 5.89. The number of rotatable bonds is 8. The summed E-state index contributed by atoms with van der Waals surface area (Å²) in [5, 5.41) is 6.05. The van der Waals surface area contributed by atoms with Crippen molar-refractivity contribution in [2.75, 3.05) is 30.4 Å². The molecule has 1 amide bonds. The molecule has 0 saturated carbocycles. The lowest BCUT2D eigenvalue weighted by molar-refractivity contribution is 0.0948. The van der Waals surface area contributed by atoms with Crippen molar-refractivity contribution >= 4 is 23.4 Å². The molecule has 0 aliphatic heterocycles. The van der Waals surface area contributed by atoms with Gasteiger partial charge in [0.25, 0.3) is 5.91 Å². The summed E-state index contributed by atoms with van der Waals surface area (Å²) in [5.74, 6) is 1.04. The Hall–Kier alpha value is -1.23. The summed E-state index contributed by atoms with van der Waals surface area (Å²) >= 11 is 1.83. The zero-order chi connectivity index (χ0) is 13.2. The highest BCUT2D eigenvalue weighted by Crippen LogP contribution is 2.07. The molecule has 0 unspecified atom stereocenters. The van der Waals surface area contributed by atoms with E-state index in [2.05, 4.69) is 21.9 Å². The van der Waals surface area contributed by atoms with Crippen LogP contribution in [-0.2, 0) is 0 Å². The largest absolute Gasteiger partial charge is 0.385 e. The first-order valence-corrected chi connectivity index (χ1v) is 7.64. The van der Waals surface area contributed by atoms with E-state index in [-0.39, 0.29) is 5.91 Å². The molecule has 1 aromatic rings. The monoisotopic (exact) mass is 267 g/mol. The van der Waals surface area contributed by atoms with E-state index in [1.807, 2.05) is 24.8 Å². The first kappa shape index (κ1) is 14.8. The molecule has 0 radical (unpaired) electrons. The van der Waals surface area contributed by atoms with Gasteiger partial charge in [-0.05, 0) is 43.9 Å². The van der Waals surface area contributed by atoms with Crippen LogP contribution < -0.4 is 10.6 Å². The Morgan fingerprint density at radius 1 is 1.44 bits per heavy atom. The third-order valence-electron chi connectivity index (χ3n) is 2.43. The van der Waals surface area contributed by atoms with Crippen LogP contribution in [0.1, 0.15) is 30.3 Å². The number of carbonyl (C=O) groups excluding carboxylic acids is 1. The standard InChI is InChI=1S/C13H21N3OS/c1-3-14-11-6-8-15-12(10-11)13(17)16-7-4-5-9-18-2/h6,8,10H,3-5,7,9H2,1-2H3,(H,14,15)(H,16,17). The summed E-state index contributed by atoms with van der Waals surface area (Å²) < 4.78 is 0. The molecule has 1 aromatic heterocycles. The lowest BCUT2D eigenvalue weighted by Gasteiger charge is -2.06. The number of unbranched alkanes of at least 4 members (excludes halogenated alkanes) is 1. The molecule has 0 bridgehead atoms. The molecule has 0 aromatic carbocycles. The van der Waals surface area contributed by atoms with Gasteiger partial charge in [0.05, 0.1) is 0 Å². The van der Waals surface area contributed by atoms with Crippen LogP contribution in [0.5, 0.6) is 0 Å². The summed E-state index contributed by atoms with van der Waals surface area (Å²) in [6.45, 7) is 3.57. The molecular formula is C13H21N3OS. The predicted octanol–water partition coefficient (Wildman–Crippen LogP) is 2.39. The molecule has 18 heavy (non-hydrogen) atoms. The van der Waals surface area contributed by atoms with E-state index in [0.717, 1.165) is 30.8 Å². The van der Waals surface area contributed by atoms with E-state index < -0.39 is 0 Å². The Labute approximate surface area is 113 Å². The fourth-order valence-corrected chi connectivity index (χ4v) is 2.03. The van der Waals surface area contributed by atoms with Crippen LogP contribution in [0.2, 0.25) is 0 Å². The lowest BCUT2D eigenvalue weighted by atomic mass is 10.3. The van der Waals surface area contributed by atoms with E-state index in [9.17, 15) is 4.79 Å². The van der Waals surface area contributed by atoms with Gasteiger partial charge in [0.2, 0.25) is 0 Å². The maximum Gasteiger partial charge on any atom is 0.269 e. The van der Waals surface area contributed by atoms with Crippen LogP contribution in [0.15, 0.2) is 18.3 Å². The average Bonchev–Trinajstić information content (AvgIpc) is 2.39. The van der Waals surface area contributed by atoms with Crippen molar-refractivity contribution in [2.45, 2.75) is 19.8 Å². The van der Waals surface area contributed by atoms with Crippen molar-refractivity contribution in [3.63, 3.8) is 0 Å². The van der Waals surface area contributed by atoms with Gasteiger partial charge in [0.15, 0.2) is 0 Å². The molecule has 0 atom stereocenters. The number of aromatic nitrogens is 1. The van der Waals surface area contributed by atoms with Gasteiger partial charge in [-0.1, -0.05) is 0 Å². The quantitative estimate of drug-likeness (QED) is 0.710. The molecule has 0 saturated heterocycles.